The lowest BCUT2D eigenvalue weighted by Crippen LogP contribution is -1.99. The van der Waals surface area contributed by atoms with Crippen molar-refractivity contribution in [3.05, 3.63) is 53.1 Å². The second-order valence-corrected chi connectivity index (χ2v) is 5.25. The topological polar surface area (TPSA) is 44.8 Å². The number of methoxy groups -OCH3 is 3. The van der Waals surface area contributed by atoms with Gasteiger partial charge in [0.2, 0.25) is 0 Å². The normalized spacial score (nSPS) is 16.3. The van der Waals surface area contributed by atoms with E-state index in [9.17, 15) is 4.79 Å². The zero-order valence-corrected chi connectivity index (χ0v) is 12.9. The van der Waals surface area contributed by atoms with Gasteiger partial charge in [-0.2, -0.15) is 0 Å². The Hall–Kier alpha value is -2.49. The lowest BCUT2D eigenvalue weighted by molar-refractivity contribution is 0.0991. The molecule has 1 unspecified atom stereocenters. The Morgan fingerprint density at radius 3 is 2.36 bits per heavy atom. The second kappa shape index (κ2) is 5.72. The van der Waals surface area contributed by atoms with Gasteiger partial charge in [-0.15, -0.1) is 0 Å². The van der Waals surface area contributed by atoms with Gasteiger partial charge in [-0.1, -0.05) is 12.1 Å². The van der Waals surface area contributed by atoms with Crippen LogP contribution in [0.15, 0.2) is 36.4 Å². The fourth-order valence-corrected chi connectivity index (χ4v) is 2.99. The fourth-order valence-electron chi connectivity index (χ4n) is 2.99. The van der Waals surface area contributed by atoms with Crippen molar-refractivity contribution >= 4 is 5.78 Å². The van der Waals surface area contributed by atoms with Crippen molar-refractivity contribution in [2.45, 2.75) is 12.3 Å². The Morgan fingerprint density at radius 2 is 1.68 bits per heavy atom. The number of fused-ring (bicyclic) bond motifs is 1. The summed E-state index contributed by atoms with van der Waals surface area (Å²) in [6.45, 7) is 0. The van der Waals surface area contributed by atoms with E-state index >= 15 is 0 Å². The summed E-state index contributed by atoms with van der Waals surface area (Å²) in [5, 5.41) is 0. The molecular formula is C18H18O4. The fraction of sp³-hybridized carbons (Fsp3) is 0.278. The number of benzene rings is 2. The van der Waals surface area contributed by atoms with Crippen LogP contribution in [0.1, 0.15) is 33.8 Å². The monoisotopic (exact) mass is 298 g/mol. The number of Topliss-reactive ketones (excluding diaryl/α,β-unsaturated/α-hetero) is 1. The zero-order chi connectivity index (χ0) is 15.7. The summed E-state index contributed by atoms with van der Waals surface area (Å²) >= 11 is 0. The number of ketones is 1. The van der Waals surface area contributed by atoms with E-state index in [2.05, 4.69) is 0 Å². The highest BCUT2D eigenvalue weighted by molar-refractivity contribution is 6.02. The van der Waals surface area contributed by atoms with E-state index in [4.69, 9.17) is 14.2 Å². The Balaban J connectivity index is 2.10. The highest BCUT2D eigenvalue weighted by Gasteiger charge is 2.32. The van der Waals surface area contributed by atoms with Gasteiger partial charge in [-0.05, 0) is 35.4 Å². The van der Waals surface area contributed by atoms with E-state index in [0.717, 1.165) is 16.9 Å². The van der Waals surface area contributed by atoms with E-state index in [1.54, 1.807) is 27.4 Å². The molecule has 0 amide bonds. The minimum absolute atomic E-state index is 0.0254. The van der Waals surface area contributed by atoms with Crippen molar-refractivity contribution in [3.8, 4) is 17.2 Å². The summed E-state index contributed by atoms with van der Waals surface area (Å²) in [6, 6.07) is 11.5. The predicted octanol–water partition coefficient (Wildman–Crippen LogP) is 3.43. The minimum atomic E-state index is 0.0254. The maximum absolute atomic E-state index is 12.3. The first-order valence-electron chi connectivity index (χ1n) is 7.11. The van der Waals surface area contributed by atoms with Crippen molar-refractivity contribution in [1.29, 1.82) is 0 Å². The van der Waals surface area contributed by atoms with Crippen LogP contribution in [-0.4, -0.2) is 27.1 Å². The van der Waals surface area contributed by atoms with Crippen molar-refractivity contribution in [2.24, 2.45) is 0 Å². The highest BCUT2D eigenvalue weighted by atomic mass is 16.5. The largest absolute Gasteiger partial charge is 0.497 e. The van der Waals surface area contributed by atoms with Gasteiger partial charge in [0, 0.05) is 17.9 Å². The molecule has 0 spiro atoms. The molecule has 22 heavy (non-hydrogen) atoms. The molecular weight excluding hydrogens is 280 g/mol. The number of hydrogen-bond acceptors (Lipinski definition) is 4. The molecule has 0 aromatic heterocycles. The summed E-state index contributed by atoms with van der Waals surface area (Å²) < 4.78 is 15.9. The van der Waals surface area contributed by atoms with Crippen molar-refractivity contribution in [3.63, 3.8) is 0 Å². The molecule has 0 aliphatic heterocycles. The predicted molar refractivity (Wildman–Crippen MR) is 83.3 cm³/mol. The molecule has 0 saturated carbocycles. The van der Waals surface area contributed by atoms with Gasteiger partial charge in [-0.3, -0.25) is 4.79 Å². The van der Waals surface area contributed by atoms with Crippen LogP contribution < -0.4 is 14.2 Å². The van der Waals surface area contributed by atoms with Crippen LogP contribution in [0.4, 0.5) is 0 Å². The zero-order valence-electron chi connectivity index (χ0n) is 12.9. The third-order valence-corrected chi connectivity index (χ3v) is 4.12. The van der Waals surface area contributed by atoms with Gasteiger partial charge in [0.15, 0.2) is 17.3 Å². The Kier molecular flexibility index (Phi) is 3.75. The van der Waals surface area contributed by atoms with Gasteiger partial charge >= 0.3 is 0 Å². The molecule has 0 bridgehead atoms. The van der Waals surface area contributed by atoms with Gasteiger partial charge in [0.05, 0.1) is 21.3 Å². The van der Waals surface area contributed by atoms with Crippen LogP contribution in [0.2, 0.25) is 0 Å². The molecule has 1 aliphatic rings. The third-order valence-electron chi connectivity index (χ3n) is 4.12. The molecule has 4 heteroatoms. The molecule has 1 aliphatic carbocycles. The molecule has 1 atom stereocenters. The van der Waals surface area contributed by atoms with Crippen LogP contribution in [0.3, 0.4) is 0 Å². The first-order chi connectivity index (χ1) is 10.7. The summed E-state index contributed by atoms with van der Waals surface area (Å²) in [4.78, 5) is 12.3. The SMILES string of the molecule is COc1cccc(C2CC(=O)c3cc(OC)c(OC)cc32)c1. The molecule has 0 heterocycles. The quantitative estimate of drug-likeness (QED) is 0.867. The Morgan fingerprint density at radius 1 is 0.955 bits per heavy atom. The molecule has 2 aromatic rings. The average Bonchev–Trinajstić information content (AvgIpc) is 2.89. The van der Waals surface area contributed by atoms with Crippen LogP contribution in [0.25, 0.3) is 0 Å². The number of ether oxygens (including phenoxy) is 3. The minimum Gasteiger partial charge on any atom is -0.497 e. The number of hydrogen-bond donors (Lipinski definition) is 0. The first kappa shape index (κ1) is 14.4. The lowest BCUT2D eigenvalue weighted by atomic mass is 9.92. The van der Waals surface area contributed by atoms with E-state index in [1.807, 2.05) is 30.3 Å². The average molecular weight is 298 g/mol. The van der Waals surface area contributed by atoms with Gasteiger partial charge < -0.3 is 14.2 Å². The summed E-state index contributed by atoms with van der Waals surface area (Å²) in [5.41, 5.74) is 2.76. The molecule has 114 valence electrons. The molecule has 4 nitrogen and oxygen atoms in total. The van der Waals surface area contributed by atoms with Gasteiger partial charge in [0.1, 0.15) is 5.75 Å². The summed E-state index contributed by atoms with van der Waals surface area (Å²) in [7, 11) is 4.81. The van der Waals surface area contributed by atoms with E-state index in [1.165, 1.54) is 0 Å². The smallest absolute Gasteiger partial charge is 0.164 e. The molecule has 0 N–H and O–H groups in total. The Labute approximate surface area is 129 Å². The van der Waals surface area contributed by atoms with E-state index < -0.39 is 0 Å². The van der Waals surface area contributed by atoms with Crippen LogP contribution >= 0.6 is 0 Å². The molecule has 0 saturated heterocycles. The molecule has 2 aromatic carbocycles. The first-order valence-corrected chi connectivity index (χ1v) is 7.11. The number of carbonyl (C=O) groups excluding carboxylic acids is 1. The third kappa shape index (κ3) is 2.30. The van der Waals surface area contributed by atoms with Gasteiger partial charge in [0.25, 0.3) is 0 Å². The van der Waals surface area contributed by atoms with Crippen LogP contribution in [0.5, 0.6) is 17.2 Å². The van der Waals surface area contributed by atoms with Crippen molar-refractivity contribution in [2.75, 3.05) is 21.3 Å². The number of carbonyl (C=O) groups is 1. The standard InChI is InChI=1S/C18H18O4/c1-20-12-6-4-5-11(7-12)13-8-16(19)15-10-18(22-3)17(21-2)9-14(13)15/h4-7,9-10,13H,8H2,1-3H3. The van der Waals surface area contributed by atoms with Crippen molar-refractivity contribution in [1.82, 2.24) is 0 Å². The van der Waals surface area contributed by atoms with E-state index in [-0.39, 0.29) is 11.7 Å². The summed E-state index contributed by atoms with van der Waals surface area (Å²) in [6.07, 6.45) is 0.457. The van der Waals surface area contributed by atoms with E-state index in [0.29, 0.717) is 23.5 Å². The second-order valence-electron chi connectivity index (χ2n) is 5.25. The van der Waals surface area contributed by atoms with Gasteiger partial charge in [-0.25, -0.2) is 0 Å². The summed E-state index contributed by atoms with van der Waals surface area (Å²) in [5.74, 6) is 2.17. The molecule has 3 rings (SSSR count). The maximum Gasteiger partial charge on any atom is 0.164 e. The highest BCUT2D eigenvalue weighted by Crippen LogP contribution is 2.43. The van der Waals surface area contributed by atoms with Crippen LogP contribution in [-0.2, 0) is 0 Å². The maximum atomic E-state index is 12.3. The van der Waals surface area contributed by atoms with Crippen LogP contribution in [0, 0.1) is 0 Å². The molecule has 0 radical (unpaired) electrons. The number of rotatable bonds is 4. The van der Waals surface area contributed by atoms with Crippen molar-refractivity contribution < 1.29 is 19.0 Å². The Bertz CT molecular complexity index is 721. The molecule has 0 fully saturated rings. The lowest BCUT2D eigenvalue weighted by Gasteiger charge is -2.15.